The van der Waals surface area contributed by atoms with E-state index in [1.165, 1.54) is 76.2 Å². The molecule has 0 bridgehead atoms. The normalized spacial score (nSPS) is 11.8. The molecule has 0 saturated heterocycles. The minimum Gasteiger partial charge on any atom is -0.494 e. The summed E-state index contributed by atoms with van der Waals surface area (Å²) in [5, 5.41) is 0. The number of esters is 1. The zero-order valence-electron chi connectivity index (χ0n) is 26.2. The second-order valence-electron chi connectivity index (χ2n) is 11.3. The van der Waals surface area contributed by atoms with Gasteiger partial charge in [0.1, 0.15) is 11.5 Å². The minimum atomic E-state index is -0.374. The highest BCUT2D eigenvalue weighted by Crippen LogP contribution is 2.26. The number of benzene rings is 3. The molecule has 0 N–H and O–H groups in total. The van der Waals surface area contributed by atoms with Crippen molar-refractivity contribution in [3.8, 4) is 22.6 Å². The lowest BCUT2D eigenvalue weighted by molar-refractivity contribution is 0.0627. The van der Waals surface area contributed by atoms with E-state index < -0.39 is 0 Å². The van der Waals surface area contributed by atoms with E-state index in [1.807, 2.05) is 36.4 Å². The van der Waals surface area contributed by atoms with Crippen LogP contribution in [0.5, 0.6) is 11.5 Å². The first kappa shape index (κ1) is 33.4. The molecule has 0 aliphatic rings. The van der Waals surface area contributed by atoms with Gasteiger partial charge in [-0.05, 0) is 72.9 Å². The lowest BCUT2D eigenvalue weighted by atomic mass is 10.0. The predicted molar refractivity (Wildman–Crippen MR) is 175 cm³/mol. The van der Waals surface area contributed by atoms with Gasteiger partial charge in [-0.1, -0.05) is 121 Å². The Labute approximate surface area is 254 Å². The van der Waals surface area contributed by atoms with Crippen LogP contribution in [0.25, 0.3) is 11.1 Å². The van der Waals surface area contributed by atoms with Gasteiger partial charge in [-0.2, -0.15) is 0 Å². The van der Waals surface area contributed by atoms with Crippen LogP contribution in [-0.2, 0) is 4.74 Å². The Balaban J connectivity index is 1.39. The molecule has 4 nitrogen and oxygen atoms in total. The maximum absolute atomic E-state index is 12.7. The molecule has 0 aromatic heterocycles. The number of rotatable bonds is 21. The second kappa shape index (κ2) is 19.9. The molecule has 42 heavy (non-hydrogen) atoms. The number of hydrogen-bond acceptors (Lipinski definition) is 4. The smallest absolute Gasteiger partial charge is 0.343 e. The summed E-state index contributed by atoms with van der Waals surface area (Å²) in [7, 11) is 0. The largest absolute Gasteiger partial charge is 0.494 e. The van der Waals surface area contributed by atoms with Crippen LogP contribution in [0.1, 0.15) is 126 Å². The quantitative estimate of drug-likeness (QED) is 0.0723. The lowest BCUT2D eigenvalue weighted by Gasteiger charge is -2.14. The monoisotopic (exact) mass is 572 g/mol. The standard InChI is InChI=1S/C38H52O4/c1-4-6-8-10-12-14-16-30-41-36-25-23-35(24-26-36)38(39)42-37-27-21-34(22-28-37)33-19-17-32(18-20-33)31(3)40-29-15-13-11-9-7-5-2/h17-28,31H,4-16,29-30H2,1-3H3. The SMILES string of the molecule is CCCCCCCCCOc1ccc(C(=O)Oc2ccc(-c3ccc(C(C)OCCCCCCCC)cc3)cc2)cc1. The molecule has 0 radical (unpaired) electrons. The van der Waals surface area contributed by atoms with Gasteiger partial charge in [-0.25, -0.2) is 4.79 Å². The van der Waals surface area contributed by atoms with Gasteiger partial charge >= 0.3 is 5.97 Å². The van der Waals surface area contributed by atoms with E-state index >= 15 is 0 Å². The van der Waals surface area contributed by atoms with Gasteiger partial charge in [0, 0.05) is 6.61 Å². The van der Waals surface area contributed by atoms with Crippen molar-refractivity contribution in [2.75, 3.05) is 13.2 Å². The van der Waals surface area contributed by atoms with Crippen LogP contribution in [0.4, 0.5) is 0 Å². The molecule has 3 rings (SSSR count). The highest BCUT2D eigenvalue weighted by molar-refractivity contribution is 5.91. The lowest BCUT2D eigenvalue weighted by Crippen LogP contribution is -2.08. The van der Waals surface area contributed by atoms with Gasteiger partial charge in [0.15, 0.2) is 0 Å². The Morgan fingerprint density at radius 3 is 1.62 bits per heavy atom. The number of carbonyl (C=O) groups excluding carboxylic acids is 1. The summed E-state index contributed by atoms with van der Waals surface area (Å²) in [6.45, 7) is 8.13. The fourth-order valence-corrected chi connectivity index (χ4v) is 5.00. The Bertz CT molecular complexity index is 1120. The number of carbonyl (C=O) groups is 1. The maximum atomic E-state index is 12.7. The summed E-state index contributed by atoms with van der Waals surface area (Å²) in [5.74, 6) is 0.934. The molecule has 0 saturated carbocycles. The van der Waals surface area contributed by atoms with Crippen LogP contribution in [0.15, 0.2) is 72.8 Å². The molecular formula is C38H52O4. The molecule has 1 unspecified atom stereocenters. The van der Waals surface area contributed by atoms with E-state index in [2.05, 4.69) is 45.0 Å². The fraction of sp³-hybridized carbons (Fsp3) is 0.500. The molecule has 0 fully saturated rings. The molecule has 4 heteroatoms. The minimum absolute atomic E-state index is 0.0854. The summed E-state index contributed by atoms with van der Waals surface area (Å²) in [5.41, 5.74) is 3.88. The zero-order valence-corrected chi connectivity index (χ0v) is 26.2. The summed E-state index contributed by atoms with van der Waals surface area (Å²) in [4.78, 5) is 12.7. The van der Waals surface area contributed by atoms with Gasteiger partial charge in [-0.15, -0.1) is 0 Å². The molecule has 228 valence electrons. The van der Waals surface area contributed by atoms with Crippen molar-refractivity contribution in [2.45, 2.75) is 110 Å². The number of unbranched alkanes of at least 4 members (excludes halogenated alkanes) is 11. The van der Waals surface area contributed by atoms with E-state index in [4.69, 9.17) is 14.2 Å². The summed E-state index contributed by atoms with van der Waals surface area (Å²) >= 11 is 0. The van der Waals surface area contributed by atoms with Crippen molar-refractivity contribution in [3.63, 3.8) is 0 Å². The van der Waals surface area contributed by atoms with Crippen LogP contribution in [0.3, 0.4) is 0 Å². The number of hydrogen-bond donors (Lipinski definition) is 0. The first-order chi connectivity index (χ1) is 20.6. The molecule has 0 amide bonds. The van der Waals surface area contributed by atoms with Crippen molar-refractivity contribution in [1.29, 1.82) is 0 Å². The van der Waals surface area contributed by atoms with Crippen LogP contribution >= 0.6 is 0 Å². The van der Waals surface area contributed by atoms with Gasteiger partial charge in [0.05, 0.1) is 18.3 Å². The summed E-state index contributed by atoms with van der Waals surface area (Å²) < 4.78 is 17.5. The molecule has 3 aromatic carbocycles. The van der Waals surface area contributed by atoms with Crippen LogP contribution in [0, 0.1) is 0 Å². The first-order valence-electron chi connectivity index (χ1n) is 16.4. The van der Waals surface area contributed by atoms with Crippen molar-refractivity contribution < 1.29 is 19.0 Å². The number of ether oxygens (including phenoxy) is 3. The van der Waals surface area contributed by atoms with Crippen molar-refractivity contribution in [3.05, 3.63) is 83.9 Å². The average molecular weight is 573 g/mol. The molecule has 0 aliphatic heterocycles. The Kier molecular flexibility index (Phi) is 15.8. The third kappa shape index (κ3) is 12.4. The highest BCUT2D eigenvalue weighted by Gasteiger charge is 2.10. The zero-order chi connectivity index (χ0) is 29.8. The highest BCUT2D eigenvalue weighted by atomic mass is 16.5. The van der Waals surface area contributed by atoms with E-state index in [-0.39, 0.29) is 12.1 Å². The third-order valence-corrected chi connectivity index (χ3v) is 7.75. The van der Waals surface area contributed by atoms with Crippen molar-refractivity contribution >= 4 is 5.97 Å². The van der Waals surface area contributed by atoms with Gasteiger partial charge in [0.25, 0.3) is 0 Å². The molecular weight excluding hydrogens is 520 g/mol. The van der Waals surface area contributed by atoms with Gasteiger partial charge < -0.3 is 14.2 Å². The Morgan fingerprint density at radius 1 is 0.571 bits per heavy atom. The molecule has 0 heterocycles. The summed E-state index contributed by atoms with van der Waals surface area (Å²) in [6, 6.07) is 23.4. The van der Waals surface area contributed by atoms with Crippen LogP contribution in [0.2, 0.25) is 0 Å². The maximum Gasteiger partial charge on any atom is 0.343 e. The van der Waals surface area contributed by atoms with Crippen LogP contribution in [-0.4, -0.2) is 19.2 Å². The average Bonchev–Trinajstić information content (AvgIpc) is 3.02. The molecule has 3 aromatic rings. The summed E-state index contributed by atoms with van der Waals surface area (Å²) in [6.07, 6.45) is 16.5. The topological polar surface area (TPSA) is 44.8 Å². The first-order valence-corrected chi connectivity index (χ1v) is 16.4. The van der Waals surface area contributed by atoms with Gasteiger partial charge in [-0.3, -0.25) is 0 Å². The van der Waals surface area contributed by atoms with Gasteiger partial charge in [0.2, 0.25) is 0 Å². The third-order valence-electron chi connectivity index (χ3n) is 7.75. The fourth-order valence-electron chi connectivity index (χ4n) is 5.00. The van der Waals surface area contributed by atoms with Crippen LogP contribution < -0.4 is 9.47 Å². The van der Waals surface area contributed by atoms with E-state index in [0.29, 0.717) is 17.9 Å². The van der Waals surface area contributed by atoms with Crippen molar-refractivity contribution in [2.24, 2.45) is 0 Å². The van der Waals surface area contributed by atoms with E-state index in [0.717, 1.165) is 36.3 Å². The van der Waals surface area contributed by atoms with E-state index in [9.17, 15) is 4.79 Å². The van der Waals surface area contributed by atoms with Crippen molar-refractivity contribution in [1.82, 2.24) is 0 Å². The second-order valence-corrected chi connectivity index (χ2v) is 11.3. The predicted octanol–water partition coefficient (Wildman–Crippen LogP) is 11.1. The molecule has 1 atom stereocenters. The molecule has 0 spiro atoms. The van der Waals surface area contributed by atoms with E-state index in [1.54, 1.807) is 12.1 Å². The Morgan fingerprint density at radius 2 is 1.05 bits per heavy atom. The molecule has 0 aliphatic carbocycles. The Hall–Kier alpha value is -3.11.